The van der Waals surface area contributed by atoms with Gasteiger partial charge >= 0.3 is 0 Å². The summed E-state index contributed by atoms with van der Waals surface area (Å²) in [4.78, 5) is 15.8. The molecule has 3 rings (SSSR count). The number of hydrogen-bond donors (Lipinski definition) is 1. The van der Waals surface area contributed by atoms with Gasteiger partial charge in [0.2, 0.25) is 0 Å². The summed E-state index contributed by atoms with van der Waals surface area (Å²) in [5, 5.41) is 2.63. The number of carbonyl (C=O) groups is 1. The predicted octanol–water partition coefficient (Wildman–Crippen LogP) is 2.72. The number of fused-ring (bicyclic) bond motifs is 1. The molecule has 1 saturated heterocycles. The summed E-state index contributed by atoms with van der Waals surface area (Å²) in [7, 11) is 2.11. The van der Waals surface area contributed by atoms with E-state index < -0.39 is 0 Å². The second-order valence-corrected chi connectivity index (χ2v) is 7.21. The number of nitrogens with zero attached hydrogens (tertiary/aromatic N) is 1. The zero-order chi connectivity index (χ0) is 13.4. The number of amides is 1. The Morgan fingerprint density at radius 1 is 1.47 bits per heavy atom. The van der Waals surface area contributed by atoms with Gasteiger partial charge in [-0.1, -0.05) is 30.0 Å². The highest BCUT2D eigenvalue weighted by Crippen LogP contribution is 2.35. The predicted molar refractivity (Wildman–Crippen MR) is 86.7 cm³/mol. The van der Waals surface area contributed by atoms with Crippen molar-refractivity contribution in [3.63, 3.8) is 0 Å². The maximum atomic E-state index is 11.6. The lowest BCUT2D eigenvalue weighted by atomic mass is 10.1. The zero-order valence-corrected chi connectivity index (χ0v) is 12.8. The van der Waals surface area contributed by atoms with Crippen LogP contribution in [-0.2, 0) is 4.79 Å². The van der Waals surface area contributed by atoms with Crippen molar-refractivity contribution < 1.29 is 4.79 Å². The first-order chi connectivity index (χ1) is 9.13. The largest absolute Gasteiger partial charge is 0.373 e. The molecule has 1 aromatic rings. The number of benzene rings is 1. The second kappa shape index (κ2) is 5.19. The first kappa shape index (κ1) is 13.0. The Bertz CT molecular complexity index is 598. The molecule has 0 spiro atoms. The Kier molecular flexibility index (Phi) is 3.56. The molecule has 2 aliphatic rings. The molecular weight excluding hydrogens is 296 g/mol. The van der Waals surface area contributed by atoms with E-state index in [1.807, 2.05) is 23.9 Å². The highest BCUT2D eigenvalue weighted by Gasteiger charge is 2.22. The van der Waals surface area contributed by atoms with E-state index in [0.717, 1.165) is 17.9 Å². The van der Waals surface area contributed by atoms with Crippen LogP contribution >= 0.6 is 35.7 Å². The Balaban J connectivity index is 1.93. The lowest BCUT2D eigenvalue weighted by Gasteiger charge is -2.27. The minimum Gasteiger partial charge on any atom is -0.373 e. The van der Waals surface area contributed by atoms with Crippen LogP contribution in [-0.4, -0.2) is 29.6 Å². The third-order valence-corrected chi connectivity index (χ3v) is 5.21. The quantitative estimate of drug-likeness (QED) is 0.637. The van der Waals surface area contributed by atoms with Crippen LogP contribution in [0.4, 0.5) is 5.69 Å². The van der Waals surface area contributed by atoms with E-state index in [4.69, 9.17) is 12.2 Å². The monoisotopic (exact) mass is 308 g/mol. The minimum absolute atomic E-state index is 0.0995. The summed E-state index contributed by atoms with van der Waals surface area (Å²) >= 11 is 8.16. The van der Waals surface area contributed by atoms with Gasteiger partial charge in [-0.25, -0.2) is 0 Å². The van der Waals surface area contributed by atoms with E-state index in [0.29, 0.717) is 9.23 Å². The molecule has 1 fully saturated rings. The van der Waals surface area contributed by atoms with Gasteiger partial charge in [-0.05, 0) is 23.8 Å². The van der Waals surface area contributed by atoms with E-state index >= 15 is 0 Å². The number of carbonyl (C=O) groups excluding carboxylic acids is 1. The Hall–Kier alpha value is -0.980. The van der Waals surface area contributed by atoms with Crippen molar-refractivity contribution in [2.24, 2.45) is 0 Å². The van der Waals surface area contributed by atoms with Crippen LogP contribution in [0.1, 0.15) is 5.56 Å². The van der Waals surface area contributed by atoms with Crippen LogP contribution in [0.3, 0.4) is 0 Å². The number of hydrogen-bond acceptors (Lipinski definition) is 5. The number of thioether (sulfide) groups is 2. The molecule has 2 aliphatic heterocycles. The molecule has 0 radical (unpaired) electrons. The Morgan fingerprint density at radius 2 is 2.32 bits per heavy atom. The van der Waals surface area contributed by atoms with Crippen LogP contribution in [0.15, 0.2) is 28.0 Å². The van der Waals surface area contributed by atoms with Crippen molar-refractivity contribution in [3.8, 4) is 0 Å². The van der Waals surface area contributed by atoms with Gasteiger partial charge < -0.3 is 10.2 Å². The topological polar surface area (TPSA) is 32.3 Å². The molecule has 3 nitrogen and oxygen atoms in total. The van der Waals surface area contributed by atoms with Gasteiger partial charge in [-0.15, -0.1) is 11.8 Å². The Morgan fingerprint density at radius 3 is 3.05 bits per heavy atom. The van der Waals surface area contributed by atoms with E-state index in [9.17, 15) is 4.79 Å². The van der Waals surface area contributed by atoms with Crippen molar-refractivity contribution in [1.29, 1.82) is 0 Å². The number of rotatable bonds is 1. The smallest absolute Gasteiger partial charge is 0.263 e. The summed E-state index contributed by atoms with van der Waals surface area (Å²) in [6, 6.07) is 6.30. The number of anilines is 1. The van der Waals surface area contributed by atoms with E-state index in [2.05, 4.69) is 29.4 Å². The fraction of sp³-hybridized carbons (Fsp3) is 0.231. The van der Waals surface area contributed by atoms with Crippen LogP contribution in [0, 0.1) is 0 Å². The Labute approximate surface area is 125 Å². The standard InChI is InChI=1S/C13H12N2OS3/c1-15-4-5-18-10-6-8(2-3-9(10)15)7-11-12(16)14-13(17)19-11/h2-3,6-7H,4-5H2,1H3,(H,14,16,17)/b11-7-. The van der Waals surface area contributed by atoms with Gasteiger partial charge in [-0.2, -0.15) is 0 Å². The molecule has 19 heavy (non-hydrogen) atoms. The molecule has 2 heterocycles. The van der Waals surface area contributed by atoms with Gasteiger partial charge in [0.1, 0.15) is 4.32 Å². The molecule has 0 unspecified atom stereocenters. The normalized spacial score (nSPS) is 20.7. The van der Waals surface area contributed by atoms with Gasteiger partial charge in [0.25, 0.3) is 5.91 Å². The average molecular weight is 308 g/mol. The molecule has 0 bridgehead atoms. The SMILES string of the molecule is CN1CCSc2cc(/C=C3\SC(=S)NC3=O)ccc21. The summed E-state index contributed by atoms with van der Waals surface area (Å²) in [6.45, 7) is 1.07. The van der Waals surface area contributed by atoms with Gasteiger partial charge in [-0.3, -0.25) is 4.79 Å². The molecule has 0 atom stereocenters. The fourth-order valence-corrected chi connectivity index (χ4v) is 4.26. The van der Waals surface area contributed by atoms with Crippen molar-refractivity contribution in [1.82, 2.24) is 5.32 Å². The highest BCUT2D eigenvalue weighted by molar-refractivity contribution is 8.26. The molecular formula is C13H12N2OS3. The van der Waals surface area contributed by atoms with E-state index in [-0.39, 0.29) is 5.91 Å². The van der Waals surface area contributed by atoms with Crippen LogP contribution in [0.5, 0.6) is 0 Å². The third-order valence-electron chi connectivity index (χ3n) is 3.02. The van der Waals surface area contributed by atoms with Gasteiger partial charge in [0.15, 0.2) is 0 Å². The lowest BCUT2D eigenvalue weighted by molar-refractivity contribution is -0.115. The second-order valence-electron chi connectivity index (χ2n) is 4.35. The molecule has 1 amide bonds. The van der Waals surface area contributed by atoms with E-state index in [1.165, 1.54) is 22.3 Å². The summed E-state index contributed by atoms with van der Waals surface area (Å²) in [6.07, 6.45) is 1.90. The number of nitrogens with one attached hydrogen (secondary N) is 1. The van der Waals surface area contributed by atoms with Crippen molar-refractivity contribution in [2.45, 2.75) is 4.90 Å². The van der Waals surface area contributed by atoms with Crippen LogP contribution in [0.25, 0.3) is 6.08 Å². The molecule has 0 aromatic heterocycles. The lowest BCUT2D eigenvalue weighted by Crippen LogP contribution is -2.24. The van der Waals surface area contributed by atoms with Crippen LogP contribution in [0.2, 0.25) is 0 Å². The molecule has 1 N–H and O–H groups in total. The average Bonchev–Trinajstić information content (AvgIpc) is 2.68. The highest BCUT2D eigenvalue weighted by atomic mass is 32.2. The summed E-state index contributed by atoms with van der Waals surface area (Å²) in [5.74, 6) is 1.00. The maximum absolute atomic E-state index is 11.6. The zero-order valence-electron chi connectivity index (χ0n) is 10.3. The maximum Gasteiger partial charge on any atom is 0.263 e. The van der Waals surface area contributed by atoms with Crippen molar-refractivity contribution in [2.75, 3.05) is 24.2 Å². The third kappa shape index (κ3) is 2.66. The molecule has 1 aromatic carbocycles. The number of thiocarbonyl (C=S) groups is 1. The molecule has 6 heteroatoms. The van der Waals surface area contributed by atoms with Crippen molar-refractivity contribution >= 4 is 57.7 Å². The molecule has 0 aliphatic carbocycles. The molecule has 0 saturated carbocycles. The summed E-state index contributed by atoms with van der Waals surface area (Å²) < 4.78 is 0.531. The fourth-order valence-electron chi connectivity index (χ4n) is 2.04. The van der Waals surface area contributed by atoms with Crippen molar-refractivity contribution in [3.05, 3.63) is 28.7 Å². The van der Waals surface area contributed by atoms with Gasteiger partial charge in [0, 0.05) is 24.2 Å². The first-order valence-corrected chi connectivity index (χ1v) is 8.07. The first-order valence-electron chi connectivity index (χ1n) is 5.86. The van der Waals surface area contributed by atoms with E-state index in [1.54, 1.807) is 0 Å². The van der Waals surface area contributed by atoms with Crippen LogP contribution < -0.4 is 10.2 Å². The minimum atomic E-state index is -0.0995. The summed E-state index contributed by atoms with van der Waals surface area (Å²) in [5.41, 5.74) is 2.31. The molecule has 98 valence electrons. The van der Waals surface area contributed by atoms with Gasteiger partial charge in [0.05, 0.1) is 10.6 Å².